The second-order valence-corrected chi connectivity index (χ2v) is 3.23. The number of hydrogen-bond acceptors (Lipinski definition) is 2. The summed E-state index contributed by atoms with van der Waals surface area (Å²) in [4.78, 5) is 11.8. The number of carbonyl (C=O) groups is 1. The van der Waals surface area contributed by atoms with Gasteiger partial charge in [-0.15, -0.1) is 12.6 Å². The summed E-state index contributed by atoms with van der Waals surface area (Å²) < 4.78 is 0. The number of benzene rings is 1. The first-order chi connectivity index (χ1) is 5.63. The number of rotatable bonds is 1. The SMILES string of the molecule is CNC(=O)c1cc(S)cc(Cl)c1. The molecule has 12 heavy (non-hydrogen) atoms. The molecule has 1 aromatic rings. The Bertz CT molecular complexity index is 294. The van der Waals surface area contributed by atoms with E-state index in [1.165, 1.54) is 0 Å². The van der Waals surface area contributed by atoms with Crippen LogP contribution in [0.4, 0.5) is 0 Å². The van der Waals surface area contributed by atoms with Gasteiger partial charge in [0.15, 0.2) is 0 Å². The van der Waals surface area contributed by atoms with Crippen LogP contribution in [-0.2, 0) is 0 Å². The largest absolute Gasteiger partial charge is 0.355 e. The maximum atomic E-state index is 11.1. The molecule has 0 aliphatic rings. The maximum Gasteiger partial charge on any atom is 0.251 e. The minimum absolute atomic E-state index is 0.159. The molecule has 1 amide bonds. The van der Waals surface area contributed by atoms with E-state index in [2.05, 4.69) is 17.9 Å². The van der Waals surface area contributed by atoms with Gasteiger partial charge in [-0.3, -0.25) is 4.79 Å². The standard InChI is InChI=1S/C8H8ClNOS/c1-10-8(11)5-2-6(9)4-7(12)3-5/h2-4,12H,1H3,(H,10,11). The van der Waals surface area contributed by atoms with Crippen LogP contribution in [0.25, 0.3) is 0 Å². The summed E-state index contributed by atoms with van der Waals surface area (Å²) in [6, 6.07) is 4.94. The first-order valence-corrected chi connectivity index (χ1v) is 4.17. The molecule has 4 heteroatoms. The van der Waals surface area contributed by atoms with Crippen LogP contribution in [0.3, 0.4) is 0 Å². The van der Waals surface area contributed by atoms with Crippen molar-refractivity contribution in [3.63, 3.8) is 0 Å². The Hall–Kier alpha value is -0.670. The first-order valence-electron chi connectivity index (χ1n) is 3.35. The molecule has 64 valence electrons. The van der Waals surface area contributed by atoms with Crippen LogP contribution in [0.15, 0.2) is 23.1 Å². The van der Waals surface area contributed by atoms with Crippen LogP contribution in [0.1, 0.15) is 10.4 Å². The van der Waals surface area contributed by atoms with E-state index in [0.717, 1.165) is 0 Å². The van der Waals surface area contributed by atoms with E-state index in [9.17, 15) is 4.79 Å². The van der Waals surface area contributed by atoms with Crippen molar-refractivity contribution in [2.75, 3.05) is 7.05 Å². The second-order valence-electron chi connectivity index (χ2n) is 2.28. The highest BCUT2D eigenvalue weighted by Crippen LogP contribution is 2.17. The Kier molecular flexibility index (Phi) is 3.00. The average Bonchev–Trinajstić information content (AvgIpc) is 2.01. The van der Waals surface area contributed by atoms with Gasteiger partial charge in [0.25, 0.3) is 5.91 Å². The number of nitrogens with one attached hydrogen (secondary N) is 1. The molecule has 0 aliphatic heterocycles. The number of hydrogen-bond donors (Lipinski definition) is 2. The molecule has 0 saturated heterocycles. The van der Waals surface area contributed by atoms with Crippen molar-refractivity contribution >= 4 is 30.1 Å². The smallest absolute Gasteiger partial charge is 0.251 e. The van der Waals surface area contributed by atoms with Gasteiger partial charge in [-0.1, -0.05) is 11.6 Å². The maximum absolute atomic E-state index is 11.1. The molecule has 1 N–H and O–H groups in total. The third kappa shape index (κ3) is 2.16. The molecule has 0 aromatic heterocycles. The van der Waals surface area contributed by atoms with Crippen LogP contribution in [0, 0.1) is 0 Å². The van der Waals surface area contributed by atoms with Gasteiger partial charge in [0.05, 0.1) is 0 Å². The molecular formula is C8H8ClNOS. The van der Waals surface area contributed by atoms with Crippen molar-refractivity contribution in [1.29, 1.82) is 0 Å². The Morgan fingerprint density at radius 2 is 2.17 bits per heavy atom. The molecule has 0 spiro atoms. The topological polar surface area (TPSA) is 29.1 Å². The van der Waals surface area contributed by atoms with Gasteiger partial charge in [-0.2, -0.15) is 0 Å². The van der Waals surface area contributed by atoms with Crippen molar-refractivity contribution in [3.05, 3.63) is 28.8 Å². The molecule has 0 heterocycles. The molecule has 0 saturated carbocycles. The molecule has 0 atom stereocenters. The third-order valence-electron chi connectivity index (χ3n) is 1.37. The average molecular weight is 202 g/mol. The van der Waals surface area contributed by atoms with E-state index in [-0.39, 0.29) is 5.91 Å². The Morgan fingerprint density at radius 3 is 2.67 bits per heavy atom. The number of carbonyl (C=O) groups excluding carboxylic acids is 1. The third-order valence-corrected chi connectivity index (χ3v) is 1.85. The summed E-state index contributed by atoms with van der Waals surface area (Å²) in [7, 11) is 1.57. The van der Waals surface area contributed by atoms with Crippen LogP contribution in [0.2, 0.25) is 5.02 Å². The Balaban J connectivity index is 3.08. The zero-order valence-corrected chi connectivity index (χ0v) is 8.12. The zero-order chi connectivity index (χ0) is 9.14. The lowest BCUT2D eigenvalue weighted by Crippen LogP contribution is -2.17. The normalized spacial score (nSPS) is 9.58. The summed E-state index contributed by atoms with van der Waals surface area (Å²) in [5.74, 6) is -0.159. The fraction of sp³-hybridized carbons (Fsp3) is 0.125. The van der Waals surface area contributed by atoms with Crippen molar-refractivity contribution < 1.29 is 4.79 Å². The zero-order valence-electron chi connectivity index (χ0n) is 6.47. The lowest BCUT2D eigenvalue weighted by Gasteiger charge is -2.01. The lowest BCUT2D eigenvalue weighted by atomic mass is 10.2. The highest BCUT2D eigenvalue weighted by atomic mass is 35.5. The summed E-state index contributed by atoms with van der Waals surface area (Å²) >= 11 is 9.82. The highest BCUT2D eigenvalue weighted by molar-refractivity contribution is 7.80. The molecule has 1 aromatic carbocycles. The summed E-state index contributed by atoms with van der Waals surface area (Å²) in [6.07, 6.45) is 0. The van der Waals surface area contributed by atoms with Gasteiger partial charge in [-0.25, -0.2) is 0 Å². The van der Waals surface area contributed by atoms with Crippen LogP contribution >= 0.6 is 24.2 Å². The molecule has 0 aliphatic carbocycles. The number of thiol groups is 1. The predicted octanol–water partition coefficient (Wildman–Crippen LogP) is 1.99. The van der Waals surface area contributed by atoms with Gasteiger partial charge in [-0.05, 0) is 18.2 Å². The number of amides is 1. The van der Waals surface area contributed by atoms with Crippen LogP contribution < -0.4 is 5.32 Å². The van der Waals surface area contributed by atoms with Crippen LogP contribution in [-0.4, -0.2) is 13.0 Å². The molecule has 0 unspecified atom stereocenters. The molecular weight excluding hydrogens is 194 g/mol. The van der Waals surface area contributed by atoms with Crippen molar-refractivity contribution in [1.82, 2.24) is 5.32 Å². The minimum atomic E-state index is -0.159. The fourth-order valence-corrected chi connectivity index (χ4v) is 1.44. The van der Waals surface area contributed by atoms with Gasteiger partial charge in [0.1, 0.15) is 0 Å². The van der Waals surface area contributed by atoms with Gasteiger partial charge >= 0.3 is 0 Å². The molecule has 1 rings (SSSR count). The van der Waals surface area contributed by atoms with E-state index in [0.29, 0.717) is 15.5 Å². The predicted molar refractivity (Wildman–Crippen MR) is 52.1 cm³/mol. The molecule has 0 radical (unpaired) electrons. The summed E-state index contributed by atoms with van der Waals surface area (Å²) in [5, 5.41) is 3.02. The highest BCUT2D eigenvalue weighted by Gasteiger charge is 2.04. The van der Waals surface area contributed by atoms with E-state index in [1.807, 2.05) is 0 Å². The molecule has 0 fully saturated rings. The van der Waals surface area contributed by atoms with E-state index >= 15 is 0 Å². The quantitative estimate of drug-likeness (QED) is 0.669. The van der Waals surface area contributed by atoms with E-state index in [4.69, 9.17) is 11.6 Å². The molecule has 0 bridgehead atoms. The van der Waals surface area contributed by atoms with Crippen molar-refractivity contribution in [2.24, 2.45) is 0 Å². The lowest BCUT2D eigenvalue weighted by molar-refractivity contribution is 0.0963. The molecule has 2 nitrogen and oxygen atoms in total. The summed E-state index contributed by atoms with van der Waals surface area (Å²) in [5.41, 5.74) is 0.523. The Morgan fingerprint density at radius 1 is 1.50 bits per heavy atom. The van der Waals surface area contributed by atoms with Crippen molar-refractivity contribution in [2.45, 2.75) is 4.90 Å². The monoisotopic (exact) mass is 201 g/mol. The van der Waals surface area contributed by atoms with E-state index < -0.39 is 0 Å². The fourth-order valence-electron chi connectivity index (χ4n) is 0.850. The first kappa shape index (κ1) is 9.42. The second kappa shape index (κ2) is 3.83. The van der Waals surface area contributed by atoms with E-state index in [1.54, 1.807) is 25.2 Å². The minimum Gasteiger partial charge on any atom is -0.355 e. The van der Waals surface area contributed by atoms with Crippen molar-refractivity contribution in [3.8, 4) is 0 Å². The van der Waals surface area contributed by atoms with Gasteiger partial charge in [0.2, 0.25) is 0 Å². The Labute approximate surface area is 81.3 Å². The van der Waals surface area contributed by atoms with Gasteiger partial charge in [0, 0.05) is 22.5 Å². The summed E-state index contributed by atoms with van der Waals surface area (Å²) in [6.45, 7) is 0. The number of halogens is 1. The van der Waals surface area contributed by atoms with Crippen LogP contribution in [0.5, 0.6) is 0 Å². The van der Waals surface area contributed by atoms with Gasteiger partial charge < -0.3 is 5.32 Å².